The summed E-state index contributed by atoms with van der Waals surface area (Å²) in [6.07, 6.45) is 0. The molecule has 0 radical (unpaired) electrons. The zero-order valence-electron chi connectivity index (χ0n) is 35.7. The monoisotopic (exact) mass is 802 g/mol. The van der Waals surface area contributed by atoms with E-state index in [1.54, 1.807) is 0 Å². The van der Waals surface area contributed by atoms with Crippen LogP contribution in [0.3, 0.4) is 0 Å². The molecule has 0 saturated heterocycles. The number of anilines is 12. The molecule has 0 spiro atoms. The molecule has 302 valence electrons. The molecule has 9 aromatic rings. The van der Waals surface area contributed by atoms with Gasteiger partial charge in [-0.3, -0.25) is 0 Å². The number of aryl methyl sites for hydroxylation is 4. The normalized spacial score (nSPS) is 10.9. The van der Waals surface area contributed by atoms with Gasteiger partial charge in [-0.25, -0.2) is 0 Å². The van der Waals surface area contributed by atoms with Crippen molar-refractivity contribution in [2.75, 3.05) is 19.6 Å². The lowest BCUT2D eigenvalue weighted by atomic mass is 10.1. The molecule has 0 fully saturated rings. The number of rotatable bonds is 12. The Bertz CT molecular complexity index is 2720. The van der Waals surface area contributed by atoms with E-state index in [4.69, 9.17) is 0 Å². The third-order valence-corrected chi connectivity index (χ3v) is 11.1. The number of para-hydroxylation sites is 3. The predicted octanol–water partition coefficient (Wildman–Crippen LogP) is 16.8. The number of hydrogen-bond acceptors (Lipinski definition) is 4. The molecule has 9 aromatic carbocycles. The van der Waals surface area contributed by atoms with Gasteiger partial charge in [-0.2, -0.15) is 0 Å². The predicted molar refractivity (Wildman–Crippen MR) is 264 cm³/mol. The molecule has 4 heteroatoms. The van der Waals surface area contributed by atoms with Gasteiger partial charge in [0.15, 0.2) is 0 Å². The summed E-state index contributed by atoms with van der Waals surface area (Å²) in [4.78, 5) is 9.32. The maximum Gasteiger partial charge on any atom is 0.0466 e. The lowest BCUT2D eigenvalue weighted by Crippen LogP contribution is -2.14. The molecule has 0 aliphatic heterocycles. The molecule has 62 heavy (non-hydrogen) atoms. The highest BCUT2D eigenvalue weighted by Crippen LogP contribution is 2.43. The van der Waals surface area contributed by atoms with Crippen LogP contribution in [-0.4, -0.2) is 0 Å². The van der Waals surface area contributed by atoms with Crippen LogP contribution >= 0.6 is 0 Å². The van der Waals surface area contributed by atoms with E-state index >= 15 is 0 Å². The van der Waals surface area contributed by atoms with Crippen LogP contribution in [0.25, 0.3) is 0 Å². The van der Waals surface area contributed by atoms with Crippen molar-refractivity contribution in [1.82, 2.24) is 0 Å². The van der Waals surface area contributed by atoms with Crippen molar-refractivity contribution in [2.45, 2.75) is 27.7 Å². The number of nitrogens with zero attached hydrogens (tertiary/aromatic N) is 4. The van der Waals surface area contributed by atoms with Crippen molar-refractivity contribution in [1.29, 1.82) is 0 Å². The fourth-order valence-electron chi connectivity index (χ4n) is 8.39. The van der Waals surface area contributed by atoms with Crippen molar-refractivity contribution in [2.24, 2.45) is 0 Å². The van der Waals surface area contributed by atoms with Gasteiger partial charge in [-0.1, -0.05) is 84.9 Å². The SMILES string of the molecule is Cc1cccc(N(c2ccccc2)c2ccc(N(c3ccc(N(c4ccccc4)c4cccc(C)c4)cc3)c3ccc(N(c4ccccc4)c4cc(C)cc(C)c4)cc3)cc2)c1. The second-order valence-corrected chi connectivity index (χ2v) is 15.9. The van der Waals surface area contributed by atoms with E-state index in [2.05, 4.69) is 278 Å². The van der Waals surface area contributed by atoms with Crippen molar-refractivity contribution < 1.29 is 0 Å². The zero-order valence-corrected chi connectivity index (χ0v) is 35.7. The van der Waals surface area contributed by atoms with E-state index in [0.29, 0.717) is 0 Å². The summed E-state index contributed by atoms with van der Waals surface area (Å²) < 4.78 is 0. The Kier molecular flexibility index (Phi) is 11.4. The summed E-state index contributed by atoms with van der Waals surface area (Å²) in [5.41, 5.74) is 18.0. The molecule has 0 saturated carbocycles. The first-order chi connectivity index (χ1) is 30.4. The first-order valence-electron chi connectivity index (χ1n) is 21.3. The van der Waals surface area contributed by atoms with Crippen LogP contribution in [0.5, 0.6) is 0 Å². The number of hydrogen-bond donors (Lipinski definition) is 0. The summed E-state index contributed by atoms with van der Waals surface area (Å²) in [7, 11) is 0. The number of benzene rings is 9. The Hall–Kier alpha value is -7.82. The third-order valence-electron chi connectivity index (χ3n) is 11.1. The highest BCUT2D eigenvalue weighted by molar-refractivity contribution is 5.85. The van der Waals surface area contributed by atoms with Crippen LogP contribution in [0, 0.1) is 27.7 Å². The standard InChI is InChI=1S/C58H50N4/c1-43-16-14-24-56(39-43)60(47-18-8-5-9-19-47)53-32-26-50(27-33-53)59(51-28-34-54(35-29-51)61(48-20-10-6-11-21-48)57-25-15-17-44(2)40-57)52-30-36-55(37-31-52)62(49-22-12-7-13-23-49)58-41-45(3)38-46(4)42-58/h5-42H,1-4H3. The third kappa shape index (κ3) is 8.58. The van der Waals surface area contributed by atoms with Crippen LogP contribution in [0.1, 0.15) is 22.3 Å². The van der Waals surface area contributed by atoms with E-state index in [1.807, 2.05) is 0 Å². The molecule has 0 amide bonds. The van der Waals surface area contributed by atoms with Gasteiger partial charge < -0.3 is 19.6 Å². The Morgan fingerprint density at radius 1 is 0.177 bits per heavy atom. The topological polar surface area (TPSA) is 13.0 Å². The van der Waals surface area contributed by atoms with E-state index in [0.717, 1.165) is 68.2 Å². The second-order valence-electron chi connectivity index (χ2n) is 15.9. The summed E-state index contributed by atoms with van der Waals surface area (Å²) in [6.45, 7) is 8.62. The highest BCUT2D eigenvalue weighted by atomic mass is 15.2. The molecule has 0 N–H and O–H groups in total. The van der Waals surface area contributed by atoms with Gasteiger partial charge in [0.1, 0.15) is 0 Å². The molecule has 4 nitrogen and oxygen atoms in total. The maximum atomic E-state index is 2.35. The van der Waals surface area contributed by atoms with Crippen LogP contribution in [0.4, 0.5) is 68.2 Å². The largest absolute Gasteiger partial charge is 0.310 e. The van der Waals surface area contributed by atoms with Crippen LogP contribution < -0.4 is 19.6 Å². The van der Waals surface area contributed by atoms with E-state index in [1.165, 1.54) is 22.3 Å². The summed E-state index contributed by atoms with van der Waals surface area (Å²) in [6, 6.07) is 82.7. The molecule has 0 aromatic heterocycles. The van der Waals surface area contributed by atoms with Crippen molar-refractivity contribution in [3.05, 3.63) is 253 Å². The molecule has 0 bridgehead atoms. The average molecular weight is 803 g/mol. The van der Waals surface area contributed by atoms with Gasteiger partial charge in [0, 0.05) is 68.2 Å². The van der Waals surface area contributed by atoms with Crippen molar-refractivity contribution in [3.8, 4) is 0 Å². The molecule has 0 heterocycles. The van der Waals surface area contributed by atoms with Gasteiger partial charge in [0.25, 0.3) is 0 Å². The van der Waals surface area contributed by atoms with Crippen molar-refractivity contribution >= 4 is 68.2 Å². The van der Waals surface area contributed by atoms with Gasteiger partial charge in [-0.05, 0) is 196 Å². The Labute approximate surface area is 366 Å². The fraction of sp³-hybridized carbons (Fsp3) is 0.0690. The Balaban J connectivity index is 1.14. The quantitative estimate of drug-likeness (QED) is 0.122. The molecule has 0 aliphatic carbocycles. The summed E-state index contributed by atoms with van der Waals surface area (Å²) in [5, 5.41) is 0. The molecular formula is C58H50N4. The smallest absolute Gasteiger partial charge is 0.0466 e. The van der Waals surface area contributed by atoms with Gasteiger partial charge in [-0.15, -0.1) is 0 Å². The second kappa shape index (κ2) is 17.8. The summed E-state index contributed by atoms with van der Waals surface area (Å²) in [5.74, 6) is 0. The Morgan fingerprint density at radius 3 is 0.694 bits per heavy atom. The lowest BCUT2D eigenvalue weighted by Gasteiger charge is -2.30. The van der Waals surface area contributed by atoms with Crippen molar-refractivity contribution in [3.63, 3.8) is 0 Å². The molecule has 0 unspecified atom stereocenters. The van der Waals surface area contributed by atoms with Gasteiger partial charge in [0.2, 0.25) is 0 Å². The first-order valence-corrected chi connectivity index (χ1v) is 21.3. The van der Waals surface area contributed by atoms with E-state index < -0.39 is 0 Å². The van der Waals surface area contributed by atoms with E-state index in [9.17, 15) is 0 Å². The first kappa shape index (κ1) is 39.6. The fourth-order valence-corrected chi connectivity index (χ4v) is 8.39. The highest BCUT2D eigenvalue weighted by Gasteiger charge is 2.20. The maximum absolute atomic E-state index is 2.35. The van der Waals surface area contributed by atoms with Gasteiger partial charge >= 0.3 is 0 Å². The zero-order chi connectivity index (χ0) is 42.4. The lowest BCUT2D eigenvalue weighted by molar-refractivity contribution is 1.23. The minimum atomic E-state index is 1.05. The van der Waals surface area contributed by atoms with Gasteiger partial charge in [0.05, 0.1) is 0 Å². The van der Waals surface area contributed by atoms with Crippen LogP contribution in [0.15, 0.2) is 231 Å². The summed E-state index contributed by atoms with van der Waals surface area (Å²) >= 11 is 0. The molecule has 0 aliphatic rings. The Morgan fingerprint density at radius 2 is 0.403 bits per heavy atom. The van der Waals surface area contributed by atoms with E-state index in [-0.39, 0.29) is 0 Å². The average Bonchev–Trinajstić information content (AvgIpc) is 3.29. The molecule has 9 rings (SSSR count). The van der Waals surface area contributed by atoms with Crippen LogP contribution in [0.2, 0.25) is 0 Å². The van der Waals surface area contributed by atoms with Crippen LogP contribution in [-0.2, 0) is 0 Å². The molecule has 0 atom stereocenters. The minimum absolute atomic E-state index is 1.05. The minimum Gasteiger partial charge on any atom is -0.310 e. The molecular weight excluding hydrogens is 753 g/mol.